The van der Waals surface area contributed by atoms with E-state index in [2.05, 4.69) is 4.90 Å². The smallest absolute Gasteiger partial charge is 0.244 e. The number of piperazine rings is 1. The fourth-order valence-corrected chi connectivity index (χ4v) is 3.20. The van der Waals surface area contributed by atoms with Crippen LogP contribution >= 0.6 is 0 Å². The van der Waals surface area contributed by atoms with Gasteiger partial charge in [0.15, 0.2) is 0 Å². The molecule has 0 spiro atoms. The molecule has 138 valence electrons. The lowest BCUT2D eigenvalue weighted by Crippen LogP contribution is -2.55. The Balaban J connectivity index is 1.78. The largest absolute Gasteiger partial charge is 0.497 e. The Hall–Kier alpha value is -2.60. The second-order valence-electron chi connectivity index (χ2n) is 6.30. The van der Waals surface area contributed by atoms with Crippen LogP contribution in [0.15, 0.2) is 42.5 Å². The van der Waals surface area contributed by atoms with E-state index in [1.54, 1.807) is 43.4 Å². The molecule has 1 aliphatic heterocycles. The molecule has 0 bridgehead atoms. The van der Waals surface area contributed by atoms with Gasteiger partial charge in [0.1, 0.15) is 17.3 Å². The van der Waals surface area contributed by atoms with Crippen LogP contribution in [0.4, 0.5) is 10.1 Å². The van der Waals surface area contributed by atoms with Crippen molar-refractivity contribution in [1.82, 2.24) is 4.90 Å². The van der Waals surface area contributed by atoms with Crippen molar-refractivity contribution < 1.29 is 18.7 Å². The van der Waals surface area contributed by atoms with Crippen LogP contribution in [-0.2, 0) is 11.3 Å². The molecular formula is C20H23FN2O3. The van der Waals surface area contributed by atoms with E-state index in [4.69, 9.17) is 9.47 Å². The zero-order valence-electron chi connectivity index (χ0n) is 15.2. The monoisotopic (exact) mass is 358 g/mol. The molecule has 1 saturated heterocycles. The molecule has 1 unspecified atom stereocenters. The van der Waals surface area contributed by atoms with Crippen LogP contribution < -0.4 is 14.4 Å². The molecule has 26 heavy (non-hydrogen) atoms. The maximum Gasteiger partial charge on any atom is 0.244 e. The Morgan fingerprint density at radius 3 is 2.46 bits per heavy atom. The van der Waals surface area contributed by atoms with E-state index in [1.807, 2.05) is 13.0 Å². The van der Waals surface area contributed by atoms with Crippen LogP contribution in [0.1, 0.15) is 12.5 Å². The van der Waals surface area contributed by atoms with Crippen LogP contribution in [-0.4, -0.2) is 44.2 Å². The number of halogens is 1. The SMILES string of the molecule is COc1ccc(OC)c(N2CCN(Cc3ccc(F)cc3)C(C)C2=O)c1. The van der Waals surface area contributed by atoms with E-state index in [0.29, 0.717) is 36.8 Å². The van der Waals surface area contributed by atoms with Crippen molar-refractivity contribution in [3.63, 3.8) is 0 Å². The van der Waals surface area contributed by atoms with Gasteiger partial charge >= 0.3 is 0 Å². The number of hydrogen-bond donors (Lipinski definition) is 0. The van der Waals surface area contributed by atoms with E-state index in [1.165, 1.54) is 12.1 Å². The first-order valence-electron chi connectivity index (χ1n) is 8.55. The first-order chi connectivity index (χ1) is 12.5. The van der Waals surface area contributed by atoms with Crippen molar-refractivity contribution in [3.05, 3.63) is 53.8 Å². The lowest BCUT2D eigenvalue weighted by atomic mass is 10.1. The summed E-state index contributed by atoms with van der Waals surface area (Å²) >= 11 is 0. The predicted octanol–water partition coefficient (Wildman–Crippen LogP) is 3.08. The first kappa shape index (κ1) is 18.2. The Morgan fingerprint density at radius 1 is 1.08 bits per heavy atom. The average Bonchev–Trinajstić information content (AvgIpc) is 2.67. The van der Waals surface area contributed by atoms with Crippen molar-refractivity contribution in [2.75, 3.05) is 32.2 Å². The minimum atomic E-state index is -0.287. The zero-order chi connectivity index (χ0) is 18.7. The highest BCUT2D eigenvalue weighted by molar-refractivity contribution is 5.99. The second-order valence-corrected chi connectivity index (χ2v) is 6.30. The molecule has 2 aromatic rings. The number of carbonyl (C=O) groups excluding carboxylic acids is 1. The van der Waals surface area contributed by atoms with Gasteiger partial charge in [-0.1, -0.05) is 12.1 Å². The highest BCUT2D eigenvalue weighted by atomic mass is 19.1. The summed E-state index contributed by atoms with van der Waals surface area (Å²) in [6.45, 7) is 3.76. The third-order valence-electron chi connectivity index (χ3n) is 4.76. The summed E-state index contributed by atoms with van der Waals surface area (Å²) in [5.74, 6) is 1.06. The van der Waals surface area contributed by atoms with E-state index in [9.17, 15) is 9.18 Å². The molecule has 0 saturated carbocycles. The Bertz CT molecular complexity index is 779. The van der Waals surface area contributed by atoms with Gasteiger partial charge in [0.05, 0.1) is 25.9 Å². The average molecular weight is 358 g/mol. The number of methoxy groups -OCH3 is 2. The predicted molar refractivity (Wildman–Crippen MR) is 98.2 cm³/mol. The molecule has 1 fully saturated rings. The molecule has 1 heterocycles. The highest BCUT2D eigenvalue weighted by Gasteiger charge is 2.33. The molecular weight excluding hydrogens is 335 g/mol. The number of carbonyl (C=O) groups is 1. The quantitative estimate of drug-likeness (QED) is 0.824. The van der Waals surface area contributed by atoms with Crippen LogP contribution in [0.3, 0.4) is 0 Å². The van der Waals surface area contributed by atoms with Gasteiger partial charge in [0.25, 0.3) is 0 Å². The molecule has 5 nitrogen and oxygen atoms in total. The molecule has 0 aliphatic carbocycles. The number of benzene rings is 2. The minimum Gasteiger partial charge on any atom is -0.497 e. The van der Waals surface area contributed by atoms with Crippen molar-refractivity contribution in [3.8, 4) is 11.5 Å². The van der Waals surface area contributed by atoms with Gasteiger partial charge in [-0.15, -0.1) is 0 Å². The summed E-state index contributed by atoms with van der Waals surface area (Å²) in [4.78, 5) is 16.8. The van der Waals surface area contributed by atoms with Gasteiger partial charge in [-0.05, 0) is 36.8 Å². The summed E-state index contributed by atoms with van der Waals surface area (Å²) in [6.07, 6.45) is 0. The third kappa shape index (κ3) is 3.65. The summed E-state index contributed by atoms with van der Waals surface area (Å²) in [7, 11) is 3.18. The topological polar surface area (TPSA) is 42.0 Å². The Morgan fingerprint density at radius 2 is 1.81 bits per heavy atom. The number of anilines is 1. The Kier molecular flexibility index (Phi) is 5.42. The van der Waals surface area contributed by atoms with Crippen molar-refractivity contribution in [2.24, 2.45) is 0 Å². The van der Waals surface area contributed by atoms with E-state index in [0.717, 1.165) is 5.56 Å². The Labute approximate surface area is 152 Å². The fourth-order valence-electron chi connectivity index (χ4n) is 3.20. The molecule has 1 amide bonds. The lowest BCUT2D eigenvalue weighted by molar-refractivity contribution is -0.125. The summed E-state index contributed by atoms with van der Waals surface area (Å²) in [5, 5.41) is 0. The molecule has 0 N–H and O–H groups in total. The van der Waals surface area contributed by atoms with Crippen LogP contribution in [0.25, 0.3) is 0 Å². The van der Waals surface area contributed by atoms with E-state index < -0.39 is 0 Å². The normalized spacial score (nSPS) is 18.1. The number of nitrogens with zero attached hydrogens (tertiary/aromatic N) is 2. The van der Waals surface area contributed by atoms with Crippen molar-refractivity contribution in [1.29, 1.82) is 0 Å². The number of amides is 1. The molecule has 6 heteroatoms. The lowest BCUT2D eigenvalue weighted by Gasteiger charge is -2.39. The van der Waals surface area contributed by atoms with Crippen molar-refractivity contribution in [2.45, 2.75) is 19.5 Å². The minimum absolute atomic E-state index is 0.00455. The second kappa shape index (κ2) is 7.74. The maximum atomic E-state index is 13.1. The summed E-state index contributed by atoms with van der Waals surface area (Å²) in [6, 6.07) is 11.5. The van der Waals surface area contributed by atoms with E-state index in [-0.39, 0.29) is 17.8 Å². The summed E-state index contributed by atoms with van der Waals surface area (Å²) in [5.41, 5.74) is 1.70. The van der Waals surface area contributed by atoms with Gasteiger partial charge in [-0.25, -0.2) is 4.39 Å². The van der Waals surface area contributed by atoms with Crippen LogP contribution in [0, 0.1) is 5.82 Å². The van der Waals surface area contributed by atoms with Crippen LogP contribution in [0.5, 0.6) is 11.5 Å². The van der Waals surface area contributed by atoms with Gasteiger partial charge in [0, 0.05) is 25.7 Å². The fraction of sp³-hybridized carbons (Fsp3) is 0.350. The summed E-state index contributed by atoms with van der Waals surface area (Å²) < 4.78 is 23.8. The molecule has 1 aliphatic rings. The highest BCUT2D eigenvalue weighted by Crippen LogP contribution is 2.34. The standard InChI is InChI=1S/C20H23FN2O3/c1-14-20(24)23(18-12-17(25-2)8-9-19(18)26-3)11-10-22(14)13-15-4-6-16(21)7-5-15/h4-9,12,14H,10-11,13H2,1-3H3. The number of rotatable bonds is 5. The molecule has 0 radical (unpaired) electrons. The molecule has 3 rings (SSSR count). The third-order valence-corrected chi connectivity index (χ3v) is 4.76. The van der Waals surface area contributed by atoms with Gasteiger partial charge in [0.2, 0.25) is 5.91 Å². The van der Waals surface area contributed by atoms with Gasteiger partial charge in [-0.3, -0.25) is 9.69 Å². The van der Waals surface area contributed by atoms with E-state index >= 15 is 0 Å². The molecule has 0 aromatic heterocycles. The first-order valence-corrected chi connectivity index (χ1v) is 8.55. The van der Waals surface area contributed by atoms with Crippen LogP contribution in [0.2, 0.25) is 0 Å². The number of ether oxygens (including phenoxy) is 2. The van der Waals surface area contributed by atoms with Crippen molar-refractivity contribution >= 4 is 11.6 Å². The van der Waals surface area contributed by atoms with Gasteiger partial charge < -0.3 is 14.4 Å². The van der Waals surface area contributed by atoms with Gasteiger partial charge in [-0.2, -0.15) is 0 Å². The zero-order valence-corrected chi connectivity index (χ0v) is 15.2. The number of hydrogen-bond acceptors (Lipinski definition) is 4. The molecule has 1 atom stereocenters. The molecule has 2 aromatic carbocycles. The maximum absolute atomic E-state index is 13.1.